The summed E-state index contributed by atoms with van der Waals surface area (Å²) in [6.45, 7) is 0. The number of hydrogen-bond donors (Lipinski definition) is 1. The maximum atomic E-state index is 11.1. The fraction of sp³-hybridized carbons (Fsp3) is 0. The number of benzene rings is 2. The van der Waals surface area contributed by atoms with Gasteiger partial charge in [0, 0.05) is 0 Å². The summed E-state index contributed by atoms with van der Waals surface area (Å²) in [5, 5.41) is 20.5. The maximum absolute atomic E-state index is 11.1. The van der Waals surface area contributed by atoms with Gasteiger partial charge in [0.2, 0.25) is 0 Å². The summed E-state index contributed by atoms with van der Waals surface area (Å²) in [6, 6.07) is 10.8. The van der Waals surface area contributed by atoms with Crippen molar-refractivity contribution in [2.45, 2.75) is 0 Å². The normalized spacial score (nSPS) is 10.2. The van der Waals surface area contributed by atoms with Crippen molar-refractivity contribution in [3.63, 3.8) is 0 Å². The first-order chi connectivity index (χ1) is 9.49. The van der Waals surface area contributed by atoms with Crippen LogP contribution in [0.15, 0.2) is 42.5 Å². The zero-order valence-corrected chi connectivity index (χ0v) is 12.4. The fourth-order valence-corrected chi connectivity index (χ4v) is 4.16. The van der Waals surface area contributed by atoms with E-state index >= 15 is 0 Å². The zero-order valence-electron chi connectivity index (χ0n) is 9.95. The van der Waals surface area contributed by atoms with Gasteiger partial charge in [0.1, 0.15) is 0 Å². The molecule has 0 fully saturated rings. The van der Waals surface area contributed by atoms with Crippen molar-refractivity contribution in [3.05, 3.63) is 63.2 Å². The Balaban J connectivity index is 2.47. The molecule has 7 heteroatoms. The van der Waals surface area contributed by atoms with E-state index < -0.39 is 25.8 Å². The predicted molar refractivity (Wildman–Crippen MR) is 76.5 cm³/mol. The molecular weight excluding hydrogens is 349 g/mol. The second-order valence-electron chi connectivity index (χ2n) is 3.77. The molecule has 0 radical (unpaired) electrons. The Labute approximate surface area is 125 Å². The summed E-state index contributed by atoms with van der Waals surface area (Å²) >= 11 is 5.35. The second kappa shape index (κ2) is 6.05. The molecule has 0 saturated carbocycles. The van der Waals surface area contributed by atoms with E-state index in [1.807, 2.05) is 0 Å². The van der Waals surface area contributed by atoms with Crippen LogP contribution in [0.25, 0.3) is 0 Å². The first-order valence-electron chi connectivity index (χ1n) is 5.43. The number of nitro groups is 1. The topological polar surface area (TPSA) is 80.4 Å². The molecule has 102 valence electrons. The van der Waals surface area contributed by atoms with Crippen LogP contribution in [0.2, 0.25) is 5.02 Å². The SMILES string of the molecule is O=C(O)c1ccccc1[Se]c1cc(Cl)ccc1[N+](=O)[O-]. The van der Waals surface area contributed by atoms with Gasteiger partial charge in [0.05, 0.1) is 0 Å². The van der Waals surface area contributed by atoms with Crippen molar-refractivity contribution >= 4 is 47.1 Å². The van der Waals surface area contributed by atoms with E-state index in [2.05, 4.69) is 0 Å². The quantitative estimate of drug-likeness (QED) is 0.512. The number of rotatable bonds is 4. The van der Waals surface area contributed by atoms with E-state index in [-0.39, 0.29) is 11.3 Å². The standard InChI is InChI=1S/C13H8ClNO4Se/c14-8-5-6-10(15(18)19)12(7-8)20-11-4-2-1-3-9(11)13(16)17/h1-7H,(H,16,17). The Morgan fingerprint density at radius 3 is 2.55 bits per heavy atom. The van der Waals surface area contributed by atoms with E-state index in [1.54, 1.807) is 18.2 Å². The van der Waals surface area contributed by atoms with E-state index in [1.165, 1.54) is 24.3 Å². The molecule has 1 N–H and O–H groups in total. The first kappa shape index (κ1) is 14.5. The molecule has 2 aromatic rings. The summed E-state index contributed by atoms with van der Waals surface area (Å²) in [7, 11) is 0. The van der Waals surface area contributed by atoms with Crippen LogP contribution in [-0.4, -0.2) is 31.0 Å². The number of aromatic carboxylic acids is 1. The summed E-state index contributed by atoms with van der Waals surface area (Å²) < 4.78 is 1.02. The van der Waals surface area contributed by atoms with Gasteiger partial charge in [0.15, 0.2) is 0 Å². The first-order valence-corrected chi connectivity index (χ1v) is 7.52. The Bertz CT molecular complexity index is 690. The van der Waals surface area contributed by atoms with Gasteiger partial charge in [0.25, 0.3) is 0 Å². The van der Waals surface area contributed by atoms with Crippen molar-refractivity contribution in [1.82, 2.24) is 0 Å². The zero-order chi connectivity index (χ0) is 14.7. The Morgan fingerprint density at radius 1 is 1.20 bits per heavy atom. The Hall–Kier alpha value is -1.88. The van der Waals surface area contributed by atoms with Crippen molar-refractivity contribution in [1.29, 1.82) is 0 Å². The number of nitrogens with zero attached hydrogens (tertiary/aromatic N) is 1. The van der Waals surface area contributed by atoms with Gasteiger partial charge in [-0.25, -0.2) is 0 Å². The van der Waals surface area contributed by atoms with Gasteiger partial charge in [-0.15, -0.1) is 0 Å². The summed E-state index contributed by atoms with van der Waals surface area (Å²) in [5.74, 6) is -1.05. The van der Waals surface area contributed by atoms with Gasteiger partial charge in [-0.1, -0.05) is 0 Å². The van der Waals surface area contributed by atoms with Crippen LogP contribution in [0.3, 0.4) is 0 Å². The van der Waals surface area contributed by atoms with E-state index in [0.717, 1.165) is 0 Å². The molecule has 0 spiro atoms. The Kier molecular flexibility index (Phi) is 4.39. The minimum atomic E-state index is -1.05. The van der Waals surface area contributed by atoms with Gasteiger partial charge in [-0.05, 0) is 0 Å². The summed E-state index contributed by atoms with van der Waals surface area (Å²) in [5.41, 5.74) is 0.108. The predicted octanol–water partition coefficient (Wildman–Crippen LogP) is 1.60. The average Bonchev–Trinajstić information content (AvgIpc) is 2.38. The molecule has 0 atom stereocenters. The molecule has 2 rings (SSSR count). The van der Waals surface area contributed by atoms with Crippen LogP contribution < -0.4 is 8.92 Å². The molecule has 0 aliphatic carbocycles. The third-order valence-corrected chi connectivity index (χ3v) is 5.05. The number of carboxylic acids is 1. The van der Waals surface area contributed by atoms with Crippen LogP contribution >= 0.6 is 11.6 Å². The molecule has 20 heavy (non-hydrogen) atoms. The number of carboxylic acid groups (broad SMARTS) is 1. The number of hydrogen-bond acceptors (Lipinski definition) is 3. The number of nitro benzene ring substituents is 1. The molecule has 0 bridgehead atoms. The molecule has 0 aliphatic heterocycles. The van der Waals surface area contributed by atoms with Crippen LogP contribution in [0.1, 0.15) is 10.4 Å². The Morgan fingerprint density at radius 2 is 1.90 bits per heavy atom. The van der Waals surface area contributed by atoms with Crippen molar-refractivity contribution in [3.8, 4) is 0 Å². The van der Waals surface area contributed by atoms with Crippen molar-refractivity contribution < 1.29 is 14.8 Å². The second-order valence-corrected chi connectivity index (χ2v) is 6.48. The van der Waals surface area contributed by atoms with Gasteiger partial charge in [-0.3, -0.25) is 0 Å². The van der Waals surface area contributed by atoms with Crippen LogP contribution in [-0.2, 0) is 0 Å². The summed E-state index contributed by atoms with van der Waals surface area (Å²) in [6.07, 6.45) is 0. The van der Waals surface area contributed by atoms with Crippen molar-refractivity contribution in [2.24, 2.45) is 0 Å². The van der Waals surface area contributed by atoms with Gasteiger partial charge >= 0.3 is 125 Å². The molecule has 0 amide bonds. The fourth-order valence-electron chi connectivity index (χ4n) is 1.57. The van der Waals surface area contributed by atoms with E-state index in [9.17, 15) is 14.9 Å². The molecular formula is C13H8ClNO4Se. The van der Waals surface area contributed by atoms with Crippen molar-refractivity contribution in [2.75, 3.05) is 0 Å². The van der Waals surface area contributed by atoms with Gasteiger partial charge < -0.3 is 0 Å². The van der Waals surface area contributed by atoms with Crippen LogP contribution in [0, 0.1) is 10.1 Å². The third-order valence-electron chi connectivity index (χ3n) is 2.46. The van der Waals surface area contributed by atoms with Crippen LogP contribution in [0.5, 0.6) is 0 Å². The molecule has 0 saturated heterocycles. The minimum absolute atomic E-state index is 0.0467. The number of carbonyl (C=O) groups is 1. The molecule has 0 aromatic heterocycles. The van der Waals surface area contributed by atoms with Crippen LogP contribution in [0.4, 0.5) is 5.69 Å². The summed E-state index contributed by atoms with van der Waals surface area (Å²) in [4.78, 5) is 21.7. The van der Waals surface area contributed by atoms with E-state index in [0.29, 0.717) is 13.9 Å². The third kappa shape index (κ3) is 3.17. The average molecular weight is 357 g/mol. The molecule has 5 nitrogen and oxygen atoms in total. The monoisotopic (exact) mass is 357 g/mol. The van der Waals surface area contributed by atoms with Gasteiger partial charge in [-0.2, -0.15) is 0 Å². The molecule has 2 aromatic carbocycles. The molecule has 0 aliphatic rings. The van der Waals surface area contributed by atoms with E-state index in [4.69, 9.17) is 16.7 Å². The molecule has 0 heterocycles. The number of halogens is 1. The molecule has 0 unspecified atom stereocenters.